The van der Waals surface area contributed by atoms with Crippen molar-refractivity contribution in [2.24, 2.45) is 0 Å². The molecule has 0 aliphatic carbocycles. The van der Waals surface area contributed by atoms with Crippen molar-refractivity contribution >= 4 is 5.97 Å². The normalized spacial score (nSPS) is 11.3. The maximum atomic E-state index is 11.7. The number of unbranched alkanes of at least 4 members (excludes halogenated alkanes) is 27. The lowest BCUT2D eigenvalue weighted by Crippen LogP contribution is -2.05. The van der Waals surface area contributed by atoms with Gasteiger partial charge in [0.05, 0.1) is 6.61 Å². The van der Waals surface area contributed by atoms with Crippen LogP contribution in [0.5, 0.6) is 0 Å². The van der Waals surface area contributed by atoms with E-state index < -0.39 is 0 Å². The Morgan fingerprint density at radius 2 is 0.611 bits per heavy atom. The molecule has 0 bridgehead atoms. The van der Waals surface area contributed by atoms with Crippen molar-refractivity contribution in [2.45, 2.75) is 206 Å². The summed E-state index contributed by atoms with van der Waals surface area (Å²) in [6.07, 6.45) is 40.5. The Hall–Kier alpha value is -0.530. The second-order valence-corrected chi connectivity index (χ2v) is 11.5. The number of esters is 1. The van der Waals surface area contributed by atoms with Crippen molar-refractivity contribution < 1.29 is 9.53 Å². The van der Waals surface area contributed by atoms with Gasteiger partial charge in [-0.05, 0) is 12.8 Å². The molecule has 0 saturated carbocycles. The fourth-order valence-corrected chi connectivity index (χ4v) is 5.20. The number of ether oxygens (including phenoxy) is 1. The molecule has 0 N–H and O–H groups in total. The summed E-state index contributed by atoms with van der Waals surface area (Å²) < 4.78 is 5.36. The van der Waals surface area contributed by atoms with Gasteiger partial charge in [-0.25, -0.2) is 0 Å². The van der Waals surface area contributed by atoms with Crippen molar-refractivity contribution in [3.63, 3.8) is 0 Å². The van der Waals surface area contributed by atoms with Gasteiger partial charge < -0.3 is 4.74 Å². The van der Waals surface area contributed by atoms with Gasteiger partial charge in [0.1, 0.15) is 0 Å². The molecule has 0 rings (SSSR count). The number of rotatable bonds is 31. The molecule has 216 valence electrons. The Bertz CT molecular complexity index is 406. The number of carbonyl (C=O) groups excluding carboxylic acids is 1. The van der Waals surface area contributed by atoms with E-state index in [9.17, 15) is 4.79 Å². The van der Waals surface area contributed by atoms with Gasteiger partial charge in [-0.1, -0.05) is 187 Å². The third-order valence-corrected chi connectivity index (χ3v) is 7.75. The van der Waals surface area contributed by atoms with E-state index in [1.165, 1.54) is 173 Å². The minimum atomic E-state index is 0.0144. The van der Waals surface area contributed by atoms with Crippen LogP contribution in [0.3, 0.4) is 0 Å². The smallest absolute Gasteiger partial charge is 0.305 e. The summed E-state index contributed by atoms with van der Waals surface area (Å²) >= 11 is 0. The largest absolute Gasteiger partial charge is 0.466 e. The molecule has 0 spiro atoms. The number of hydrogen-bond donors (Lipinski definition) is 0. The van der Waals surface area contributed by atoms with Gasteiger partial charge in [0.15, 0.2) is 0 Å². The molecule has 0 heterocycles. The number of carbonyl (C=O) groups is 1. The van der Waals surface area contributed by atoms with E-state index in [0.717, 1.165) is 12.8 Å². The van der Waals surface area contributed by atoms with Crippen molar-refractivity contribution in [3.8, 4) is 0 Å². The third-order valence-electron chi connectivity index (χ3n) is 7.75. The Morgan fingerprint density at radius 1 is 0.361 bits per heavy atom. The van der Waals surface area contributed by atoms with Crippen LogP contribution in [0.1, 0.15) is 206 Å². The topological polar surface area (TPSA) is 26.3 Å². The molecule has 0 fully saturated rings. The Kier molecular flexibility index (Phi) is 32.0. The molecule has 0 aromatic carbocycles. The van der Waals surface area contributed by atoms with Crippen LogP contribution < -0.4 is 0 Å². The first-order valence-electron chi connectivity index (χ1n) is 17.0. The van der Waals surface area contributed by atoms with Gasteiger partial charge in [-0.3, -0.25) is 4.79 Å². The predicted molar refractivity (Wildman–Crippen MR) is 161 cm³/mol. The molecule has 0 aliphatic heterocycles. The minimum Gasteiger partial charge on any atom is -0.466 e. The van der Waals surface area contributed by atoms with Gasteiger partial charge in [0.2, 0.25) is 0 Å². The van der Waals surface area contributed by atoms with Crippen molar-refractivity contribution in [2.75, 3.05) is 6.61 Å². The van der Waals surface area contributed by atoms with Crippen LogP contribution in [0.4, 0.5) is 0 Å². The standard InChI is InChI=1S/C34H68O2/c1-3-5-7-9-10-11-12-13-14-15-16-17-18-19-20-21-22-23-24-25-26-27-29-31-33-36-34(35)32-30-28-8-6-4-2/h3-33H2,1-2H3. The fraction of sp³-hybridized carbons (Fsp3) is 0.971. The molecular formula is C34H68O2. The van der Waals surface area contributed by atoms with Crippen molar-refractivity contribution in [1.82, 2.24) is 0 Å². The van der Waals surface area contributed by atoms with Crippen LogP contribution >= 0.6 is 0 Å². The van der Waals surface area contributed by atoms with E-state index in [0.29, 0.717) is 13.0 Å². The highest BCUT2D eigenvalue weighted by Gasteiger charge is 2.02. The van der Waals surface area contributed by atoms with Crippen LogP contribution in [0.15, 0.2) is 0 Å². The van der Waals surface area contributed by atoms with Crippen LogP contribution in [0, 0.1) is 0 Å². The van der Waals surface area contributed by atoms with E-state index in [4.69, 9.17) is 4.74 Å². The van der Waals surface area contributed by atoms with Gasteiger partial charge >= 0.3 is 5.97 Å². The second-order valence-electron chi connectivity index (χ2n) is 11.5. The maximum absolute atomic E-state index is 11.7. The molecule has 2 nitrogen and oxygen atoms in total. The zero-order valence-electron chi connectivity index (χ0n) is 25.2. The molecule has 0 aromatic heterocycles. The highest BCUT2D eigenvalue weighted by molar-refractivity contribution is 5.69. The van der Waals surface area contributed by atoms with E-state index >= 15 is 0 Å². The first-order valence-corrected chi connectivity index (χ1v) is 17.0. The molecule has 0 aromatic rings. The predicted octanol–water partition coefficient (Wildman–Crippen LogP) is 12.3. The Labute approximate surface area is 228 Å². The summed E-state index contributed by atoms with van der Waals surface area (Å²) in [6, 6.07) is 0. The van der Waals surface area contributed by atoms with E-state index in [2.05, 4.69) is 13.8 Å². The van der Waals surface area contributed by atoms with Crippen LogP contribution in [0.2, 0.25) is 0 Å². The van der Waals surface area contributed by atoms with Crippen LogP contribution in [0.25, 0.3) is 0 Å². The van der Waals surface area contributed by atoms with Gasteiger partial charge in [-0.2, -0.15) is 0 Å². The van der Waals surface area contributed by atoms with Crippen molar-refractivity contribution in [3.05, 3.63) is 0 Å². The van der Waals surface area contributed by atoms with Gasteiger partial charge in [-0.15, -0.1) is 0 Å². The molecule has 0 saturated heterocycles. The third kappa shape index (κ3) is 31.5. The molecule has 0 atom stereocenters. The average molecular weight is 509 g/mol. The first kappa shape index (κ1) is 35.5. The monoisotopic (exact) mass is 509 g/mol. The Balaban J connectivity index is 3.08. The number of hydrogen-bond acceptors (Lipinski definition) is 2. The zero-order valence-corrected chi connectivity index (χ0v) is 25.2. The van der Waals surface area contributed by atoms with E-state index in [1.807, 2.05) is 0 Å². The molecule has 0 aliphatic rings. The first-order chi connectivity index (χ1) is 17.8. The maximum Gasteiger partial charge on any atom is 0.305 e. The SMILES string of the molecule is CCCCCCCCCCCCCCCCCCCCCCCCCCOC(=O)CCCCCCC. The van der Waals surface area contributed by atoms with Gasteiger partial charge in [0, 0.05) is 6.42 Å². The lowest BCUT2D eigenvalue weighted by molar-refractivity contribution is -0.143. The fourth-order valence-electron chi connectivity index (χ4n) is 5.20. The molecule has 0 amide bonds. The summed E-state index contributed by atoms with van der Waals surface area (Å²) in [6.45, 7) is 5.15. The quantitative estimate of drug-likeness (QED) is 0.0687. The highest BCUT2D eigenvalue weighted by atomic mass is 16.5. The van der Waals surface area contributed by atoms with Gasteiger partial charge in [0.25, 0.3) is 0 Å². The zero-order chi connectivity index (χ0) is 26.2. The molecule has 36 heavy (non-hydrogen) atoms. The summed E-state index contributed by atoms with van der Waals surface area (Å²) in [5, 5.41) is 0. The lowest BCUT2D eigenvalue weighted by Gasteiger charge is -2.05. The lowest BCUT2D eigenvalue weighted by atomic mass is 10.0. The van der Waals surface area contributed by atoms with Crippen molar-refractivity contribution in [1.29, 1.82) is 0 Å². The highest BCUT2D eigenvalue weighted by Crippen LogP contribution is 2.15. The van der Waals surface area contributed by atoms with Crippen LogP contribution in [-0.2, 0) is 9.53 Å². The molecule has 0 radical (unpaired) electrons. The molecule has 2 heteroatoms. The van der Waals surface area contributed by atoms with E-state index in [-0.39, 0.29) is 5.97 Å². The van der Waals surface area contributed by atoms with Crippen LogP contribution in [-0.4, -0.2) is 12.6 Å². The summed E-state index contributed by atoms with van der Waals surface area (Å²) in [4.78, 5) is 11.7. The van der Waals surface area contributed by atoms with E-state index in [1.54, 1.807) is 0 Å². The Morgan fingerprint density at radius 3 is 0.917 bits per heavy atom. The summed E-state index contributed by atoms with van der Waals surface area (Å²) in [5.41, 5.74) is 0. The average Bonchev–Trinajstić information content (AvgIpc) is 2.88. The summed E-state index contributed by atoms with van der Waals surface area (Å²) in [7, 11) is 0. The summed E-state index contributed by atoms with van der Waals surface area (Å²) in [5.74, 6) is 0.0144. The molecule has 0 unspecified atom stereocenters. The second kappa shape index (κ2) is 32.5. The molecular weight excluding hydrogens is 440 g/mol. The minimum absolute atomic E-state index is 0.0144.